The average Bonchev–Trinajstić information content (AvgIpc) is 3.26. The average molecular weight is 447 g/mol. The van der Waals surface area contributed by atoms with Crippen LogP contribution in [0.4, 0.5) is 0 Å². The molecule has 1 aliphatic carbocycles. The quantitative estimate of drug-likeness (QED) is 0.704. The molecule has 2 saturated heterocycles. The van der Waals surface area contributed by atoms with Gasteiger partial charge in [-0.05, 0) is 69.3 Å². The molecule has 174 valence electrons. The standard InChI is InChI=1S/C27H34N4O2/c32-19-25-26(23-7-5-21(6-8-23)9-12-27(33)10-1-2-11-27)24-18-30(13-3-4-14-31(24)25)17-22-15-28-20-29-16-22/h5-8,15-16,20,24-26,32-33H,1-4,10-11,13-14,17-19H2/t24-,25-,26-/m0/s1. The van der Waals surface area contributed by atoms with Gasteiger partial charge in [0.15, 0.2) is 0 Å². The Kier molecular flexibility index (Phi) is 6.75. The number of aliphatic hydroxyl groups excluding tert-OH is 1. The lowest BCUT2D eigenvalue weighted by Crippen LogP contribution is -2.67. The number of aliphatic hydroxyl groups is 2. The van der Waals surface area contributed by atoms with Crippen LogP contribution in [0.2, 0.25) is 0 Å². The minimum Gasteiger partial charge on any atom is -0.395 e. The number of rotatable bonds is 4. The van der Waals surface area contributed by atoms with Crippen molar-refractivity contribution in [1.29, 1.82) is 0 Å². The molecule has 5 rings (SSSR count). The third-order valence-corrected chi connectivity index (χ3v) is 7.64. The molecule has 0 bridgehead atoms. The first-order valence-corrected chi connectivity index (χ1v) is 12.3. The van der Waals surface area contributed by atoms with Crippen molar-refractivity contribution in [3.05, 3.63) is 59.7 Å². The summed E-state index contributed by atoms with van der Waals surface area (Å²) in [6, 6.07) is 9.04. The van der Waals surface area contributed by atoms with Crippen molar-refractivity contribution in [1.82, 2.24) is 19.8 Å². The molecule has 6 heteroatoms. The lowest BCUT2D eigenvalue weighted by molar-refractivity contribution is -0.0655. The molecular formula is C27H34N4O2. The summed E-state index contributed by atoms with van der Waals surface area (Å²) in [4.78, 5) is 13.4. The summed E-state index contributed by atoms with van der Waals surface area (Å²) in [7, 11) is 0. The van der Waals surface area contributed by atoms with Crippen LogP contribution >= 0.6 is 0 Å². The van der Waals surface area contributed by atoms with E-state index in [0.717, 1.165) is 69.4 Å². The Balaban J connectivity index is 1.31. The topological polar surface area (TPSA) is 72.7 Å². The van der Waals surface area contributed by atoms with E-state index < -0.39 is 5.60 Å². The van der Waals surface area contributed by atoms with E-state index in [9.17, 15) is 10.2 Å². The normalized spacial score (nSPS) is 27.5. The summed E-state index contributed by atoms with van der Waals surface area (Å²) in [5.41, 5.74) is 2.55. The van der Waals surface area contributed by atoms with E-state index in [2.05, 4.69) is 55.9 Å². The summed E-state index contributed by atoms with van der Waals surface area (Å²) < 4.78 is 0. The van der Waals surface area contributed by atoms with E-state index in [1.54, 1.807) is 6.33 Å². The predicted octanol–water partition coefficient (Wildman–Crippen LogP) is 2.56. The van der Waals surface area contributed by atoms with Gasteiger partial charge < -0.3 is 10.2 Å². The third-order valence-electron chi connectivity index (χ3n) is 7.64. The highest BCUT2D eigenvalue weighted by molar-refractivity contribution is 5.40. The van der Waals surface area contributed by atoms with E-state index >= 15 is 0 Å². The van der Waals surface area contributed by atoms with Crippen molar-refractivity contribution < 1.29 is 10.2 Å². The first kappa shape index (κ1) is 22.5. The van der Waals surface area contributed by atoms with Crippen LogP contribution in [0, 0.1) is 11.8 Å². The van der Waals surface area contributed by atoms with Crippen molar-refractivity contribution in [2.75, 3.05) is 26.2 Å². The van der Waals surface area contributed by atoms with Crippen LogP contribution in [-0.4, -0.2) is 73.9 Å². The monoisotopic (exact) mass is 446 g/mol. The molecule has 3 atom stereocenters. The molecule has 33 heavy (non-hydrogen) atoms. The van der Waals surface area contributed by atoms with Gasteiger partial charge in [0, 0.05) is 54.6 Å². The first-order valence-electron chi connectivity index (χ1n) is 12.3. The number of benzene rings is 1. The molecule has 1 aromatic carbocycles. The number of hydrogen-bond acceptors (Lipinski definition) is 6. The second-order valence-electron chi connectivity index (χ2n) is 9.88. The van der Waals surface area contributed by atoms with E-state index in [0.29, 0.717) is 12.0 Å². The van der Waals surface area contributed by atoms with Crippen molar-refractivity contribution in [3.8, 4) is 11.8 Å². The van der Waals surface area contributed by atoms with Gasteiger partial charge in [0.2, 0.25) is 0 Å². The molecule has 1 aromatic heterocycles. The van der Waals surface area contributed by atoms with Crippen molar-refractivity contribution >= 4 is 0 Å². The van der Waals surface area contributed by atoms with Crippen LogP contribution in [0.5, 0.6) is 0 Å². The second-order valence-corrected chi connectivity index (χ2v) is 9.88. The van der Waals surface area contributed by atoms with Gasteiger partial charge in [0.05, 0.1) is 6.61 Å². The number of nitrogens with zero attached hydrogens (tertiary/aromatic N) is 4. The Morgan fingerprint density at radius 3 is 2.45 bits per heavy atom. The summed E-state index contributed by atoms with van der Waals surface area (Å²) in [6.45, 7) is 4.15. The van der Waals surface area contributed by atoms with Crippen LogP contribution in [0.3, 0.4) is 0 Å². The lowest BCUT2D eigenvalue weighted by atomic mass is 9.74. The summed E-state index contributed by atoms with van der Waals surface area (Å²) in [5, 5.41) is 20.7. The molecule has 0 unspecified atom stereocenters. The molecule has 2 aliphatic heterocycles. The fourth-order valence-electron chi connectivity index (χ4n) is 5.89. The molecule has 3 fully saturated rings. The lowest BCUT2D eigenvalue weighted by Gasteiger charge is -2.57. The maximum Gasteiger partial charge on any atom is 0.125 e. The molecule has 2 N–H and O–H groups in total. The van der Waals surface area contributed by atoms with Crippen molar-refractivity contribution in [2.24, 2.45) is 0 Å². The van der Waals surface area contributed by atoms with Gasteiger partial charge in [-0.15, -0.1) is 0 Å². The molecule has 0 spiro atoms. The van der Waals surface area contributed by atoms with Gasteiger partial charge in [-0.2, -0.15) is 0 Å². The third kappa shape index (κ3) is 4.97. The highest BCUT2D eigenvalue weighted by Crippen LogP contribution is 2.42. The zero-order valence-electron chi connectivity index (χ0n) is 19.2. The zero-order valence-corrected chi connectivity index (χ0v) is 19.2. The van der Waals surface area contributed by atoms with Gasteiger partial charge in [-0.25, -0.2) is 9.97 Å². The molecule has 0 amide bonds. The van der Waals surface area contributed by atoms with Crippen LogP contribution in [0.25, 0.3) is 0 Å². The van der Waals surface area contributed by atoms with E-state index in [-0.39, 0.29) is 12.6 Å². The van der Waals surface area contributed by atoms with Gasteiger partial charge in [-0.3, -0.25) is 9.80 Å². The molecule has 3 heterocycles. The van der Waals surface area contributed by atoms with E-state index in [1.807, 2.05) is 12.4 Å². The fourth-order valence-corrected chi connectivity index (χ4v) is 5.89. The first-order chi connectivity index (χ1) is 16.1. The molecule has 1 saturated carbocycles. The minimum atomic E-state index is -0.804. The minimum absolute atomic E-state index is 0.172. The Morgan fingerprint density at radius 2 is 1.73 bits per heavy atom. The largest absolute Gasteiger partial charge is 0.395 e. The molecule has 6 nitrogen and oxygen atoms in total. The highest BCUT2D eigenvalue weighted by atomic mass is 16.3. The van der Waals surface area contributed by atoms with Crippen LogP contribution in [-0.2, 0) is 6.54 Å². The molecule has 0 radical (unpaired) electrons. The predicted molar refractivity (Wildman–Crippen MR) is 127 cm³/mol. The maximum atomic E-state index is 10.5. The Hall–Kier alpha value is -2.30. The van der Waals surface area contributed by atoms with E-state index in [1.165, 1.54) is 12.0 Å². The Labute approximate surface area is 196 Å². The zero-order chi connectivity index (χ0) is 22.7. The molecule has 3 aliphatic rings. The van der Waals surface area contributed by atoms with Crippen molar-refractivity contribution in [2.45, 2.75) is 68.7 Å². The Bertz CT molecular complexity index is 979. The fraction of sp³-hybridized carbons (Fsp3) is 0.556. The molecular weight excluding hydrogens is 412 g/mol. The van der Waals surface area contributed by atoms with Crippen LogP contribution in [0.15, 0.2) is 43.0 Å². The van der Waals surface area contributed by atoms with Crippen LogP contribution < -0.4 is 0 Å². The van der Waals surface area contributed by atoms with Gasteiger partial charge in [0.1, 0.15) is 11.9 Å². The van der Waals surface area contributed by atoms with Crippen molar-refractivity contribution in [3.63, 3.8) is 0 Å². The summed E-state index contributed by atoms with van der Waals surface area (Å²) in [5.74, 6) is 6.59. The highest BCUT2D eigenvalue weighted by Gasteiger charge is 2.49. The number of aromatic nitrogens is 2. The summed E-state index contributed by atoms with van der Waals surface area (Å²) >= 11 is 0. The summed E-state index contributed by atoms with van der Waals surface area (Å²) in [6.07, 6.45) is 11.4. The second kappa shape index (κ2) is 9.90. The van der Waals surface area contributed by atoms with Gasteiger partial charge in [0.25, 0.3) is 0 Å². The van der Waals surface area contributed by atoms with Gasteiger partial charge in [-0.1, -0.05) is 24.0 Å². The number of hydrogen-bond donors (Lipinski definition) is 2. The molecule has 2 aromatic rings. The Morgan fingerprint density at radius 1 is 1.00 bits per heavy atom. The van der Waals surface area contributed by atoms with Gasteiger partial charge >= 0.3 is 0 Å². The van der Waals surface area contributed by atoms with E-state index in [4.69, 9.17) is 0 Å². The maximum absolute atomic E-state index is 10.5. The smallest absolute Gasteiger partial charge is 0.125 e. The van der Waals surface area contributed by atoms with Crippen LogP contribution in [0.1, 0.15) is 61.1 Å². The SMILES string of the molecule is OC[C@H]1[C@@H](c2ccc(C#CC3(O)CCCC3)cc2)[C@@H]2CN(Cc3cncnc3)CCCCN12. The number of fused-ring (bicyclic) bond motifs is 1.